The van der Waals surface area contributed by atoms with Gasteiger partial charge in [-0.3, -0.25) is 4.79 Å². The number of alkyl halides is 3. The number of esters is 2. The van der Waals surface area contributed by atoms with Crippen LogP contribution >= 0.6 is 0 Å². The first kappa shape index (κ1) is 23.3. The maximum atomic E-state index is 13.6. The number of nitrogens with one attached hydrogen (secondary N) is 1. The van der Waals surface area contributed by atoms with Crippen LogP contribution in [0.3, 0.4) is 0 Å². The Balaban J connectivity index is 1.88. The fourth-order valence-corrected chi connectivity index (χ4v) is 3.77. The first-order valence-corrected chi connectivity index (χ1v) is 9.96. The number of aromatic nitrogens is 2. The molecular formula is C21H22F3N3O5. The molecule has 11 heteroatoms. The van der Waals surface area contributed by atoms with Crippen molar-refractivity contribution in [1.82, 2.24) is 15.1 Å². The first-order chi connectivity index (χ1) is 15.1. The van der Waals surface area contributed by atoms with Gasteiger partial charge in [0.25, 0.3) is 5.91 Å². The quantitative estimate of drug-likeness (QED) is 0.674. The van der Waals surface area contributed by atoms with Crippen LogP contribution in [0.4, 0.5) is 13.2 Å². The van der Waals surface area contributed by atoms with Crippen molar-refractivity contribution in [3.8, 4) is 5.69 Å². The van der Waals surface area contributed by atoms with Gasteiger partial charge in [-0.15, -0.1) is 0 Å². The third-order valence-corrected chi connectivity index (χ3v) is 5.29. The fraction of sp³-hybridized carbons (Fsp3) is 0.429. The lowest BCUT2D eigenvalue weighted by atomic mass is 9.97. The van der Waals surface area contributed by atoms with E-state index in [0.717, 1.165) is 19.0 Å². The molecule has 8 nitrogen and oxygen atoms in total. The molecule has 1 aromatic carbocycles. The second-order valence-electron chi connectivity index (χ2n) is 7.32. The maximum absolute atomic E-state index is 13.6. The number of hydrogen-bond acceptors (Lipinski definition) is 6. The van der Waals surface area contributed by atoms with Gasteiger partial charge in [-0.1, -0.05) is 12.8 Å². The van der Waals surface area contributed by atoms with Crippen molar-refractivity contribution in [2.24, 2.45) is 0 Å². The number of ether oxygens (including phenoxy) is 2. The summed E-state index contributed by atoms with van der Waals surface area (Å²) in [6.45, 7) is 1.40. The molecule has 1 N–H and O–H groups in total. The summed E-state index contributed by atoms with van der Waals surface area (Å²) in [4.78, 5) is 36.8. The largest absolute Gasteiger partial charge is 0.467 e. The van der Waals surface area contributed by atoms with Gasteiger partial charge in [0.1, 0.15) is 11.1 Å². The molecule has 1 amide bonds. The van der Waals surface area contributed by atoms with E-state index in [1.54, 1.807) is 0 Å². The second-order valence-corrected chi connectivity index (χ2v) is 7.32. The molecule has 0 aliphatic heterocycles. The Morgan fingerprint density at radius 3 is 2.31 bits per heavy atom. The van der Waals surface area contributed by atoms with Crippen molar-refractivity contribution in [2.45, 2.75) is 44.3 Å². The Morgan fingerprint density at radius 1 is 1.16 bits per heavy atom. The lowest BCUT2D eigenvalue weighted by Gasteiger charge is -2.27. The number of amides is 1. The SMILES string of the molecule is CCOC(=O)c1cnn(-c2ccc(C(=O)NC3(C(=O)OC)CCCC3)cc2)c1C(F)(F)F. The summed E-state index contributed by atoms with van der Waals surface area (Å²) < 4.78 is 51.0. The van der Waals surface area contributed by atoms with Gasteiger partial charge in [0.2, 0.25) is 0 Å². The van der Waals surface area contributed by atoms with E-state index in [9.17, 15) is 27.6 Å². The molecule has 1 saturated carbocycles. The average Bonchev–Trinajstić information content (AvgIpc) is 3.41. The Kier molecular flexibility index (Phi) is 6.56. The number of carbonyl (C=O) groups excluding carboxylic acids is 3. The summed E-state index contributed by atoms with van der Waals surface area (Å²) in [6.07, 6.45) is -1.66. The molecular weight excluding hydrogens is 431 g/mol. The van der Waals surface area contributed by atoms with E-state index < -0.39 is 40.8 Å². The molecule has 32 heavy (non-hydrogen) atoms. The van der Waals surface area contributed by atoms with Crippen LogP contribution in [0.2, 0.25) is 0 Å². The van der Waals surface area contributed by atoms with Gasteiger partial charge in [-0.05, 0) is 44.0 Å². The highest BCUT2D eigenvalue weighted by atomic mass is 19.4. The molecule has 172 valence electrons. The maximum Gasteiger partial charge on any atom is 0.434 e. The number of hydrogen-bond donors (Lipinski definition) is 1. The van der Waals surface area contributed by atoms with E-state index in [2.05, 4.69) is 15.2 Å². The van der Waals surface area contributed by atoms with E-state index in [-0.39, 0.29) is 17.9 Å². The highest BCUT2D eigenvalue weighted by Crippen LogP contribution is 2.34. The summed E-state index contributed by atoms with van der Waals surface area (Å²) in [6, 6.07) is 5.17. The molecule has 2 aromatic rings. The predicted molar refractivity (Wildman–Crippen MR) is 105 cm³/mol. The van der Waals surface area contributed by atoms with Crippen LogP contribution in [0.1, 0.15) is 59.0 Å². The Labute approximate surface area is 181 Å². The Morgan fingerprint density at radius 2 is 1.78 bits per heavy atom. The standard InChI is InChI=1S/C21H22F3N3O5/c1-3-32-18(29)15-12-25-27(16(15)21(22,23)24)14-8-6-13(7-9-14)17(28)26-20(19(30)31-2)10-4-5-11-20/h6-9,12H,3-5,10-11H2,1-2H3,(H,26,28). The van der Waals surface area contributed by atoms with Gasteiger partial charge in [-0.2, -0.15) is 18.3 Å². The van der Waals surface area contributed by atoms with Crippen molar-refractivity contribution < 1.29 is 37.0 Å². The highest BCUT2D eigenvalue weighted by molar-refractivity contribution is 5.98. The van der Waals surface area contributed by atoms with Gasteiger partial charge in [-0.25, -0.2) is 14.3 Å². The number of nitrogens with zero attached hydrogens (tertiary/aromatic N) is 2. The Bertz CT molecular complexity index is 1010. The molecule has 0 radical (unpaired) electrons. The summed E-state index contributed by atoms with van der Waals surface area (Å²) in [5, 5.41) is 6.40. The van der Waals surface area contributed by atoms with Crippen LogP contribution < -0.4 is 5.32 Å². The van der Waals surface area contributed by atoms with Gasteiger partial charge in [0, 0.05) is 5.56 Å². The van der Waals surface area contributed by atoms with Crippen LogP contribution in [0.15, 0.2) is 30.5 Å². The number of benzene rings is 1. The monoisotopic (exact) mass is 453 g/mol. The van der Waals surface area contributed by atoms with Crippen LogP contribution in [0.25, 0.3) is 5.69 Å². The molecule has 0 unspecified atom stereocenters. The van der Waals surface area contributed by atoms with Crippen molar-refractivity contribution >= 4 is 17.8 Å². The molecule has 1 aromatic heterocycles. The van der Waals surface area contributed by atoms with Gasteiger partial charge < -0.3 is 14.8 Å². The van der Waals surface area contributed by atoms with Crippen molar-refractivity contribution in [3.63, 3.8) is 0 Å². The van der Waals surface area contributed by atoms with Gasteiger partial charge in [0.15, 0.2) is 5.69 Å². The molecule has 1 fully saturated rings. The van der Waals surface area contributed by atoms with E-state index in [0.29, 0.717) is 17.5 Å². The minimum Gasteiger partial charge on any atom is -0.467 e. The molecule has 0 saturated heterocycles. The number of rotatable bonds is 6. The minimum atomic E-state index is -4.87. The topological polar surface area (TPSA) is 99.5 Å². The zero-order chi connectivity index (χ0) is 23.5. The zero-order valence-corrected chi connectivity index (χ0v) is 17.5. The van der Waals surface area contributed by atoms with Crippen molar-refractivity contribution in [2.75, 3.05) is 13.7 Å². The molecule has 0 spiro atoms. The van der Waals surface area contributed by atoms with E-state index in [1.165, 1.54) is 38.3 Å². The fourth-order valence-electron chi connectivity index (χ4n) is 3.77. The highest BCUT2D eigenvalue weighted by Gasteiger charge is 2.44. The minimum absolute atomic E-state index is 0.00651. The smallest absolute Gasteiger partial charge is 0.434 e. The zero-order valence-electron chi connectivity index (χ0n) is 17.5. The number of halogens is 3. The summed E-state index contributed by atoms with van der Waals surface area (Å²) in [7, 11) is 1.25. The lowest BCUT2D eigenvalue weighted by molar-refractivity contribution is -0.148. The van der Waals surface area contributed by atoms with Crippen molar-refractivity contribution in [1.29, 1.82) is 0 Å². The molecule has 1 aliphatic rings. The Hall–Kier alpha value is -3.37. The third kappa shape index (κ3) is 4.46. The molecule has 0 bridgehead atoms. The first-order valence-electron chi connectivity index (χ1n) is 9.96. The number of methoxy groups -OCH3 is 1. The van der Waals surface area contributed by atoms with Crippen LogP contribution in [-0.4, -0.2) is 46.9 Å². The lowest BCUT2D eigenvalue weighted by Crippen LogP contribution is -2.53. The van der Waals surface area contributed by atoms with E-state index >= 15 is 0 Å². The van der Waals surface area contributed by atoms with Crippen molar-refractivity contribution in [3.05, 3.63) is 47.3 Å². The predicted octanol–water partition coefficient (Wildman–Crippen LogP) is 3.28. The second kappa shape index (κ2) is 9.01. The summed E-state index contributed by atoms with van der Waals surface area (Å²) in [5.74, 6) is -2.21. The van der Waals surface area contributed by atoms with Crippen LogP contribution in [-0.2, 0) is 20.4 Å². The van der Waals surface area contributed by atoms with E-state index in [1.807, 2.05) is 0 Å². The van der Waals surface area contributed by atoms with Gasteiger partial charge in [0.05, 0.1) is 25.6 Å². The summed E-state index contributed by atoms with van der Waals surface area (Å²) >= 11 is 0. The van der Waals surface area contributed by atoms with E-state index in [4.69, 9.17) is 4.74 Å². The van der Waals surface area contributed by atoms with Gasteiger partial charge >= 0.3 is 18.1 Å². The third-order valence-electron chi connectivity index (χ3n) is 5.29. The van der Waals surface area contributed by atoms with Crippen LogP contribution in [0.5, 0.6) is 0 Å². The molecule has 3 rings (SSSR count). The summed E-state index contributed by atoms with van der Waals surface area (Å²) in [5.41, 5.74) is -2.95. The molecule has 1 aliphatic carbocycles. The van der Waals surface area contributed by atoms with Crippen LogP contribution in [0, 0.1) is 0 Å². The molecule has 0 atom stereocenters. The number of carbonyl (C=O) groups is 3. The molecule has 1 heterocycles. The normalized spacial score (nSPS) is 15.3. The average molecular weight is 453 g/mol.